The molecule has 0 aromatic heterocycles. The molecule has 1 aromatic carbocycles. The highest BCUT2D eigenvalue weighted by atomic mass is 32.2. The molecule has 0 radical (unpaired) electrons. The van der Waals surface area contributed by atoms with Gasteiger partial charge in [0.15, 0.2) is 0 Å². The van der Waals surface area contributed by atoms with Crippen LogP contribution < -0.4 is 5.32 Å². The average Bonchev–Trinajstić information content (AvgIpc) is 2.36. The second-order valence-electron chi connectivity index (χ2n) is 3.95. The zero-order valence-corrected chi connectivity index (χ0v) is 11.2. The molecular weight excluding hydrogens is 276 g/mol. The summed E-state index contributed by atoms with van der Waals surface area (Å²) >= 11 is 0. The zero-order chi connectivity index (χ0) is 14.5. The van der Waals surface area contributed by atoms with E-state index in [2.05, 4.69) is 5.32 Å². The molecule has 0 spiro atoms. The topological polar surface area (TPSA) is 63.2 Å². The van der Waals surface area contributed by atoms with Crippen LogP contribution in [-0.2, 0) is 14.6 Å². The van der Waals surface area contributed by atoms with Gasteiger partial charge in [-0.3, -0.25) is 4.79 Å². The Hall–Kier alpha value is -1.50. The fraction of sp³-hybridized carbons (Fsp3) is 0.417. The normalized spacial score (nSPS) is 11.6. The lowest BCUT2D eigenvalue weighted by Gasteiger charge is -2.11. The van der Waals surface area contributed by atoms with Crippen LogP contribution in [0, 0.1) is 0 Å². The van der Waals surface area contributed by atoms with Crippen LogP contribution in [0.3, 0.4) is 0 Å². The SMILES string of the molecule is CCCCC(=O)Nc1ccccc1S(=O)(=O)C(F)F. The van der Waals surface area contributed by atoms with Gasteiger partial charge >= 0.3 is 5.76 Å². The summed E-state index contributed by atoms with van der Waals surface area (Å²) in [4.78, 5) is 11.0. The summed E-state index contributed by atoms with van der Waals surface area (Å²) in [5.74, 6) is -3.90. The number of carbonyl (C=O) groups is 1. The Morgan fingerprint density at radius 2 is 1.95 bits per heavy atom. The molecule has 0 bridgehead atoms. The van der Waals surface area contributed by atoms with Gasteiger partial charge in [0.05, 0.1) is 10.6 Å². The largest absolute Gasteiger partial charge is 0.341 e. The van der Waals surface area contributed by atoms with Gasteiger partial charge in [0.25, 0.3) is 0 Å². The number of amides is 1. The summed E-state index contributed by atoms with van der Waals surface area (Å²) in [7, 11) is -4.72. The van der Waals surface area contributed by atoms with Gasteiger partial charge in [-0.05, 0) is 18.6 Å². The van der Waals surface area contributed by atoms with Crippen LogP contribution in [-0.4, -0.2) is 20.1 Å². The first-order valence-electron chi connectivity index (χ1n) is 5.80. The molecular formula is C12H15F2NO3S. The second-order valence-corrected chi connectivity index (χ2v) is 5.84. The molecule has 0 heterocycles. The van der Waals surface area contributed by atoms with Crippen molar-refractivity contribution in [3.8, 4) is 0 Å². The highest BCUT2D eigenvalue weighted by Crippen LogP contribution is 2.26. The van der Waals surface area contributed by atoms with Gasteiger partial charge in [0.2, 0.25) is 15.7 Å². The van der Waals surface area contributed by atoms with E-state index in [1.54, 1.807) is 0 Å². The Balaban J connectivity index is 3.01. The third-order valence-corrected chi connectivity index (χ3v) is 3.90. The van der Waals surface area contributed by atoms with E-state index in [0.717, 1.165) is 12.5 Å². The smallest absolute Gasteiger partial charge is 0.325 e. The molecule has 1 N–H and O–H groups in total. The van der Waals surface area contributed by atoms with Crippen LogP contribution >= 0.6 is 0 Å². The van der Waals surface area contributed by atoms with Gasteiger partial charge in [-0.25, -0.2) is 8.42 Å². The molecule has 0 unspecified atom stereocenters. The van der Waals surface area contributed by atoms with Gasteiger partial charge in [-0.1, -0.05) is 25.5 Å². The molecule has 0 aliphatic heterocycles. The average molecular weight is 291 g/mol. The Bertz CT molecular complexity index is 544. The van der Waals surface area contributed by atoms with Crippen LogP contribution in [0.5, 0.6) is 0 Å². The molecule has 0 saturated heterocycles. The minimum atomic E-state index is -4.72. The predicted octanol–water partition coefficient (Wildman–Crippen LogP) is 2.81. The Kier molecular flexibility index (Phi) is 5.41. The molecule has 7 heteroatoms. The maximum atomic E-state index is 12.5. The van der Waals surface area contributed by atoms with E-state index in [0.29, 0.717) is 6.42 Å². The van der Waals surface area contributed by atoms with Crippen LogP contribution in [0.25, 0.3) is 0 Å². The third-order valence-electron chi connectivity index (χ3n) is 2.46. The van der Waals surface area contributed by atoms with Gasteiger partial charge < -0.3 is 5.32 Å². The highest BCUT2D eigenvalue weighted by molar-refractivity contribution is 7.91. The minimum Gasteiger partial charge on any atom is -0.325 e. The van der Waals surface area contributed by atoms with Gasteiger partial charge in [-0.15, -0.1) is 0 Å². The molecule has 4 nitrogen and oxygen atoms in total. The summed E-state index contributed by atoms with van der Waals surface area (Å²) in [5.41, 5.74) is -0.107. The van der Waals surface area contributed by atoms with Crippen molar-refractivity contribution >= 4 is 21.4 Å². The van der Waals surface area contributed by atoms with Crippen molar-refractivity contribution < 1.29 is 22.0 Å². The molecule has 0 atom stereocenters. The van der Waals surface area contributed by atoms with Crippen molar-refractivity contribution in [1.82, 2.24) is 0 Å². The summed E-state index contributed by atoms with van der Waals surface area (Å²) in [6.45, 7) is 1.91. The summed E-state index contributed by atoms with van der Waals surface area (Å²) < 4.78 is 47.9. The van der Waals surface area contributed by atoms with Crippen LogP contribution in [0.4, 0.5) is 14.5 Å². The molecule has 19 heavy (non-hydrogen) atoms. The number of alkyl halides is 2. The number of nitrogens with one attached hydrogen (secondary N) is 1. The fourth-order valence-corrected chi connectivity index (χ4v) is 2.35. The van der Waals surface area contributed by atoms with Gasteiger partial charge in [0.1, 0.15) is 0 Å². The van der Waals surface area contributed by atoms with Crippen molar-refractivity contribution in [3.63, 3.8) is 0 Å². The van der Waals surface area contributed by atoms with Crippen molar-refractivity contribution in [1.29, 1.82) is 0 Å². The molecule has 0 aliphatic carbocycles. The number of unbranched alkanes of at least 4 members (excludes halogenated alkanes) is 1. The summed E-state index contributed by atoms with van der Waals surface area (Å²) in [5, 5.41) is 2.35. The molecule has 0 aliphatic rings. The Morgan fingerprint density at radius 3 is 2.53 bits per heavy atom. The quantitative estimate of drug-likeness (QED) is 0.876. The lowest BCUT2D eigenvalue weighted by molar-refractivity contribution is -0.116. The van der Waals surface area contributed by atoms with E-state index in [9.17, 15) is 22.0 Å². The number of para-hydroxylation sites is 1. The number of hydrogen-bond acceptors (Lipinski definition) is 3. The standard InChI is InChI=1S/C12H15F2NO3S/c1-2-3-8-11(16)15-9-6-4-5-7-10(9)19(17,18)12(13)14/h4-7,12H,2-3,8H2,1H3,(H,15,16). The van der Waals surface area contributed by atoms with Gasteiger partial charge in [-0.2, -0.15) is 8.78 Å². The monoisotopic (exact) mass is 291 g/mol. The van der Waals surface area contributed by atoms with E-state index in [1.807, 2.05) is 6.92 Å². The molecule has 106 valence electrons. The number of hydrogen-bond donors (Lipinski definition) is 1. The first kappa shape index (κ1) is 15.6. The Morgan fingerprint density at radius 1 is 1.32 bits per heavy atom. The molecule has 1 rings (SSSR count). The van der Waals surface area contributed by atoms with Crippen LogP contribution in [0.15, 0.2) is 29.2 Å². The van der Waals surface area contributed by atoms with E-state index in [4.69, 9.17) is 0 Å². The number of carbonyl (C=O) groups excluding carboxylic acids is 1. The van der Waals surface area contributed by atoms with Crippen molar-refractivity contribution in [2.24, 2.45) is 0 Å². The Labute approximate surface area is 110 Å². The molecule has 1 aromatic rings. The predicted molar refractivity (Wildman–Crippen MR) is 67.8 cm³/mol. The molecule has 0 saturated carbocycles. The zero-order valence-electron chi connectivity index (χ0n) is 10.4. The lowest BCUT2D eigenvalue weighted by atomic mass is 10.2. The van der Waals surface area contributed by atoms with Crippen molar-refractivity contribution in [2.45, 2.75) is 36.8 Å². The maximum absolute atomic E-state index is 12.5. The van der Waals surface area contributed by atoms with Crippen LogP contribution in [0.2, 0.25) is 0 Å². The third kappa shape index (κ3) is 3.99. The molecule has 0 fully saturated rings. The number of halogens is 2. The first-order valence-corrected chi connectivity index (χ1v) is 7.35. The number of benzene rings is 1. The highest BCUT2D eigenvalue weighted by Gasteiger charge is 2.29. The first-order chi connectivity index (χ1) is 8.89. The minimum absolute atomic E-state index is 0.107. The summed E-state index contributed by atoms with van der Waals surface area (Å²) in [6.07, 6.45) is 1.68. The van der Waals surface area contributed by atoms with Crippen LogP contribution in [0.1, 0.15) is 26.2 Å². The van der Waals surface area contributed by atoms with E-state index in [1.165, 1.54) is 18.2 Å². The fourth-order valence-electron chi connectivity index (χ4n) is 1.46. The molecule has 1 amide bonds. The van der Waals surface area contributed by atoms with Gasteiger partial charge in [0, 0.05) is 6.42 Å². The van der Waals surface area contributed by atoms with E-state index >= 15 is 0 Å². The second kappa shape index (κ2) is 6.60. The maximum Gasteiger partial charge on any atom is 0.341 e. The van der Waals surface area contributed by atoms with E-state index in [-0.39, 0.29) is 12.1 Å². The van der Waals surface area contributed by atoms with Crippen molar-refractivity contribution in [2.75, 3.05) is 5.32 Å². The summed E-state index contributed by atoms with van der Waals surface area (Å²) in [6, 6.07) is 5.15. The number of rotatable bonds is 6. The lowest BCUT2D eigenvalue weighted by Crippen LogP contribution is -2.17. The number of sulfone groups is 1. The van der Waals surface area contributed by atoms with E-state index < -0.39 is 26.4 Å². The number of anilines is 1. The van der Waals surface area contributed by atoms with Crippen molar-refractivity contribution in [3.05, 3.63) is 24.3 Å².